The molecule has 1 fully saturated rings. The van der Waals surface area contributed by atoms with E-state index in [1.165, 1.54) is 12.3 Å². The van der Waals surface area contributed by atoms with Gasteiger partial charge >= 0.3 is 0 Å². The van der Waals surface area contributed by atoms with Gasteiger partial charge < -0.3 is 9.64 Å². The van der Waals surface area contributed by atoms with E-state index in [4.69, 9.17) is 4.74 Å². The Morgan fingerprint density at radius 3 is 3.12 bits per heavy atom. The Morgan fingerprint density at radius 1 is 1.62 bits per heavy atom. The van der Waals surface area contributed by atoms with E-state index in [9.17, 15) is 4.39 Å². The van der Waals surface area contributed by atoms with E-state index in [1.54, 1.807) is 0 Å². The minimum Gasteiger partial charge on any atom is -0.375 e. The third kappa shape index (κ3) is 2.32. The van der Waals surface area contributed by atoms with Crippen molar-refractivity contribution >= 4 is 5.69 Å². The maximum atomic E-state index is 13.1. The molecule has 1 aliphatic heterocycles. The number of rotatable bonds is 2. The lowest BCUT2D eigenvalue weighted by molar-refractivity contribution is 0.0299. The molecular formula is C12H17FN2O. The molecule has 2 unspecified atom stereocenters. The van der Waals surface area contributed by atoms with Gasteiger partial charge in [-0.25, -0.2) is 4.98 Å². The van der Waals surface area contributed by atoms with Gasteiger partial charge in [0.1, 0.15) is 0 Å². The molecule has 1 aromatic rings. The number of aromatic nitrogens is 1. The highest BCUT2D eigenvalue weighted by atomic mass is 19.1. The van der Waals surface area contributed by atoms with Crippen LogP contribution in [-0.2, 0) is 4.74 Å². The van der Waals surface area contributed by atoms with Crippen LogP contribution in [0.2, 0.25) is 0 Å². The van der Waals surface area contributed by atoms with E-state index in [0.29, 0.717) is 12.6 Å². The van der Waals surface area contributed by atoms with Gasteiger partial charge in [0.25, 0.3) is 0 Å². The normalized spacial score (nSPS) is 25.8. The Morgan fingerprint density at radius 2 is 2.44 bits per heavy atom. The number of ether oxygens (including phenoxy) is 1. The Labute approximate surface area is 95.2 Å². The van der Waals surface area contributed by atoms with Crippen LogP contribution in [0.1, 0.15) is 20.3 Å². The Kier molecular flexibility index (Phi) is 3.39. The van der Waals surface area contributed by atoms with Crippen LogP contribution in [0, 0.1) is 5.95 Å². The molecule has 2 rings (SSSR count). The zero-order valence-electron chi connectivity index (χ0n) is 9.69. The van der Waals surface area contributed by atoms with Crippen LogP contribution in [-0.4, -0.2) is 30.3 Å². The Hall–Kier alpha value is -1.16. The number of morpholine rings is 1. The van der Waals surface area contributed by atoms with Crippen LogP contribution in [0.25, 0.3) is 0 Å². The van der Waals surface area contributed by atoms with Gasteiger partial charge in [0.15, 0.2) is 0 Å². The second-order valence-electron chi connectivity index (χ2n) is 4.20. The summed E-state index contributed by atoms with van der Waals surface area (Å²) in [5.74, 6) is -0.425. The largest absolute Gasteiger partial charge is 0.375 e. The summed E-state index contributed by atoms with van der Waals surface area (Å²) in [7, 11) is 0. The van der Waals surface area contributed by atoms with Crippen LogP contribution >= 0.6 is 0 Å². The van der Waals surface area contributed by atoms with Crippen molar-refractivity contribution in [1.82, 2.24) is 4.98 Å². The summed E-state index contributed by atoms with van der Waals surface area (Å²) in [6, 6.07) is 3.67. The van der Waals surface area contributed by atoms with E-state index in [0.717, 1.165) is 18.7 Å². The fourth-order valence-electron chi connectivity index (χ4n) is 2.07. The van der Waals surface area contributed by atoms with Crippen LogP contribution in [0.4, 0.5) is 10.1 Å². The SMILES string of the molecule is CCC1COC(C)CN1c1ccnc(F)c1. The molecule has 3 nitrogen and oxygen atoms in total. The zero-order valence-corrected chi connectivity index (χ0v) is 9.69. The van der Waals surface area contributed by atoms with Crippen molar-refractivity contribution in [2.24, 2.45) is 0 Å². The second-order valence-corrected chi connectivity index (χ2v) is 4.20. The first-order valence-corrected chi connectivity index (χ1v) is 5.70. The summed E-state index contributed by atoms with van der Waals surface area (Å²) in [6.45, 7) is 5.68. The number of halogens is 1. The highest BCUT2D eigenvalue weighted by molar-refractivity contribution is 5.46. The van der Waals surface area contributed by atoms with E-state index in [2.05, 4.69) is 16.8 Å². The van der Waals surface area contributed by atoms with Crippen molar-refractivity contribution < 1.29 is 9.13 Å². The summed E-state index contributed by atoms with van der Waals surface area (Å²) >= 11 is 0. The molecule has 0 bridgehead atoms. The van der Waals surface area contributed by atoms with Crippen LogP contribution < -0.4 is 4.90 Å². The molecule has 1 aliphatic rings. The minimum absolute atomic E-state index is 0.194. The lowest BCUT2D eigenvalue weighted by atomic mass is 10.1. The number of nitrogens with zero attached hydrogens (tertiary/aromatic N) is 2. The summed E-state index contributed by atoms with van der Waals surface area (Å²) in [5, 5.41) is 0. The zero-order chi connectivity index (χ0) is 11.5. The van der Waals surface area contributed by atoms with Gasteiger partial charge in [-0.05, 0) is 19.4 Å². The van der Waals surface area contributed by atoms with Crippen LogP contribution in [0.15, 0.2) is 18.3 Å². The van der Waals surface area contributed by atoms with Crippen molar-refractivity contribution in [2.75, 3.05) is 18.1 Å². The van der Waals surface area contributed by atoms with Crippen molar-refractivity contribution in [1.29, 1.82) is 0 Å². The molecule has 0 aliphatic carbocycles. The van der Waals surface area contributed by atoms with Crippen LogP contribution in [0.3, 0.4) is 0 Å². The highest BCUT2D eigenvalue weighted by Crippen LogP contribution is 2.23. The highest BCUT2D eigenvalue weighted by Gasteiger charge is 2.25. The molecule has 0 radical (unpaired) electrons. The van der Waals surface area contributed by atoms with Gasteiger partial charge in [0.05, 0.1) is 18.8 Å². The maximum Gasteiger partial charge on any atom is 0.214 e. The predicted molar refractivity (Wildman–Crippen MR) is 61.0 cm³/mol. The summed E-state index contributed by atoms with van der Waals surface area (Å²) in [6.07, 6.45) is 2.70. The number of pyridine rings is 1. The van der Waals surface area contributed by atoms with Crippen molar-refractivity contribution in [3.05, 3.63) is 24.3 Å². The van der Waals surface area contributed by atoms with Crippen LogP contribution in [0.5, 0.6) is 0 Å². The quantitative estimate of drug-likeness (QED) is 0.720. The fourth-order valence-corrected chi connectivity index (χ4v) is 2.07. The predicted octanol–water partition coefficient (Wildman–Crippen LogP) is 2.22. The molecule has 0 spiro atoms. The number of hydrogen-bond acceptors (Lipinski definition) is 3. The maximum absolute atomic E-state index is 13.1. The van der Waals surface area contributed by atoms with E-state index < -0.39 is 5.95 Å². The van der Waals surface area contributed by atoms with Crippen molar-refractivity contribution in [3.8, 4) is 0 Å². The smallest absolute Gasteiger partial charge is 0.214 e. The molecule has 4 heteroatoms. The lowest BCUT2D eigenvalue weighted by Crippen LogP contribution is -2.48. The second kappa shape index (κ2) is 4.78. The summed E-state index contributed by atoms with van der Waals surface area (Å²) in [4.78, 5) is 5.79. The van der Waals surface area contributed by atoms with Crippen molar-refractivity contribution in [3.63, 3.8) is 0 Å². The molecule has 1 aromatic heterocycles. The van der Waals surface area contributed by atoms with Gasteiger partial charge in [-0.2, -0.15) is 4.39 Å². The van der Waals surface area contributed by atoms with E-state index in [-0.39, 0.29) is 6.10 Å². The molecule has 0 aromatic carbocycles. The van der Waals surface area contributed by atoms with Gasteiger partial charge in [-0.3, -0.25) is 0 Å². The number of anilines is 1. The van der Waals surface area contributed by atoms with Crippen molar-refractivity contribution in [2.45, 2.75) is 32.4 Å². The molecule has 16 heavy (non-hydrogen) atoms. The molecular weight excluding hydrogens is 207 g/mol. The van der Waals surface area contributed by atoms with Gasteiger partial charge in [0.2, 0.25) is 5.95 Å². The molecule has 0 saturated carbocycles. The summed E-state index contributed by atoms with van der Waals surface area (Å²) in [5.41, 5.74) is 0.898. The van der Waals surface area contributed by atoms with Gasteiger partial charge in [-0.15, -0.1) is 0 Å². The molecule has 88 valence electrons. The molecule has 0 amide bonds. The third-order valence-corrected chi connectivity index (χ3v) is 2.98. The molecule has 2 atom stereocenters. The molecule has 1 saturated heterocycles. The fraction of sp³-hybridized carbons (Fsp3) is 0.583. The van der Waals surface area contributed by atoms with Gasteiger partial charge in [0, 0.05) is 24.5 Å². The molecule has 0 N–H and O–H groups in total. The first kappa shape index (κ1) is 11.3. The summed E-state index contributed by atoms with van der Waals surface area (Å²) < 4.78 is 18.7. The standard InChI is InChI=1S/C12H17FN2O/c1-3-10-8-16-9(2)7-15(10)11-4-5-14-12(13)6-11/h4-6,9-10H,3,7-8H2,1-2H3. The number of hydrogen-bond donors (Lipinski definition) is 0. The Balaban J connectivity index is 2.22. The first-order chi connectivity index (χ1) is 7.70. The first-order valence-electron chi connectivity index (χ1n) is 5.70. The lowest BCUT2D eigenvalue weighted by Gasteiger charge is -2.39. The topological polar surface area (TPSA) is 25.4 Å². The third-order valence-electron chi connectivity index (χ3n) is 2.98. The molecule has 2 heterocycles. The average molecular weight is 224 g/mol. The van der Waals surface area contributed by atoms with E-state index >= 15 is 0 Å². The Bertz CT molecular complexity index is 359. The minimum atomic E-state index is -0.425. The monoisotopic (exact) mass is 224 g/mol. The van der Waals surface area contributed by atoms with Gasteiger partial charge in [-0.1, -0.05) is 6.92 Å². The van der Waals surface area contributed by atoms with E-state index in [1.807, 2.05) is 13.0 Å². The average Bonchev–Trinajstić information content (AvgIpc) is 2.29.